The zero-order valence-corrected chi connectivity index (χ0v) is 11.7. The lowest BCUT2D eigenvalue weighted by Gasteiger charge is -2.05. The lowest BCUT2D eigenvalue weighted by molar-refractivity contribution is 0.102. The van der Waals surface area contributed by atoms with Crippen LogP contribution in [0.4, 0.5) is 5.69 Å². The van der Waals surface area contributed by atoms with Crippen molar-refractivity contribution in [2.45, 2.75) is 0 Å². The summed E-state index contributed by atoms with van der Waals surface area (Å²) >= 11 is 3.22. The second kappa shape index (κ2) is 4.93. The van der Waals surface area contributed by atoms with E-state index in [0.717, 1.165) is 0 Å². The molecule has 0 saturated heterocycles. The molecule has 0 aliphatic carbocycles. The highest BCUT2D eigenvalue weighted by Crippen LogP contribution is 2.16. The number of carbonyl (C=O) groups excluding carboxylic acids is 1. The molecule has 20 heavy (non-hydrogen) atoms. The summed E-state index contributed by atoms with van der Waals surface area (Å²) in [6, 6.07) is 8.40. The Kier molecular flexibility index (Phi) is 3.11. The van der Waals surface area contributed by atoms with Gasteiger partial charge in [-0.15, -0.1) is 0 Å². The Bertz CT molecular complexity index is 853. The van der Waals surface area contributed by atoms with E-state index in [2.05, 4.69) is 36.2 Å². The normalized spacial score (nSPS) is 10.7. The molecule has 0 unspecified atom stereocenters. The van der Waals surface area contributed by atoms with Gasteiger partial charge in [0.15, 0.2) is 0 Å². The number of imidazole rings is 1. The molecule has 0 spiro atoms. The van der Waals surface area contributed by atoms with Gasteiger partial charge in [-0.05, 0) is 46.3 Å². The minimum Gasteiger partial charge on any atom is -0.322 e. The van der Waals surface area contributed by atoms with Crippen LogP contribution >= 0.6 is 15.9 Å². The van der Waals surface area contributed by atoms with Crippen molar-refractivity contribution < 1.29 is 4.79 Å². The number of anilines is 1. The van der Waals surface area contributed by atoms with E-state index in [4.69, 9.17) is 0 Å². The topological polar surface area (TPSA) is 90.6 Å². The number of carbonyl (C=O) groups is 1. The van der Waals surface area contributed by atoms with Crippen LogP contribution in [0.25, 0.3) is 11.0 Å². The maximum absolute atomic E-state index is 12.1. The quantitative estimate of drug-likeness (QED) is 0.628. The average molecular weight is 333 g/mol. The monoisotopic (exact) mass is 332 g/mol. The van der Waals surface area contributed by atoms with Crippen molar-refractivity contribution in [2.24, 2.45) is 0 Å². The van der Waals surface area contributed by atoms with Gasteiger partial charge < -0.3 is 15.3 Å². The summed E-state index contributed by atoms with van der Waals surface area (Å²) < 4.78 is 0.593. The number of hydrogen-bond acceptors (Lipinski definition) is 3. The number of aromatic nitrogens is 3. The Labute approximate surface area is 121 Å². The van der Waals surface area contributed by atoms with Gasteiger partial charge >= 0.3 is 5.69 Å². The molecule has 3 rings (SSSR count). The number of pyridine rings is 1. The first-order valence-corrected chi connectivity index (χ1v) is 6.56. The highest BCUT2D eigenvalue weighted by atomic mass is 79.9. The molecule has 0 atom stereocenters. The molecule has 0 aliphatic rings. The minimum atomic E-state index is -0.276. The van der Waals surface area contributed by atoms with Crippen LogP contribution in [0.1, 0.15) is 10.4 Å². The number of benzene rings is 1. The number of nitrogens with zero attached hydrogens (tertiary/aromatic N) is 1. The maximum atomic E-state index is 12.1. The van der Waals surface area contributed by atoms with Crippen molar-refractivity contribution >= 4 is 38.6 Å². The molecule has 0 radical (unpaired) electrons. The number of hydrogen-bond donors (Lipinski definition) is 3. The van der Waals surface area contributed by atoms with Gasteiger partial charge in [0.1, 0.15) is 4.60 Å². The van der Waals surface area contributed by atoms with Crippen molar-refractivity contribution in [1.29, 1.82) is 0 Å². The number of H-pyrrole nitrogens is 2. The molecule has 2 aromatic heterocycles. The summed E-state index contributed by atoms with van der Waals surface area (Å²) in [7, 11) is 0. The van der Waals surface area contributed by atoms with Crippen LogP contribution in [-0.4, -0.2) is 20.9 Å². The number of aromatic amines is 2. The Morgan fingerprint density at radius 1 is 1.15 bits per heavy atom. The molecule has 1 aromatic carbocycles. The van der Waals surface area contributed by atoms with Crippen molar-refractivity contribution in [1.82, 2.24) is 15.0 Å². The molecule has 6 nitrogen and oxygen atoms in total. The third-order valence-electron chi connectivity index (χ3n) is 2.76. The second-order valence-electron chi connectivity index (χ2n) is 4.16. The van der Waals surface area contributed by atoms with E-state index in [-0.39, 0.29) is 11.6 Å². The minimum absolute atomic E-state index is 0.245. The maximum Gasteiger partial charge on any atom is 0.323 e. The Morgan fingerprint density at radius 2 is 1.95 bits per heavy atom. The van der Waals surface area contributed by atoms with E-state index in [1.807, 2.05) is 0 Å². The first-order valence-electron chi connectivity index (χ1n) is 5.77. The van der Waals surface area contributed by atoms with Crippen LogP contribution < -0.4 is 11.0 Å². The van der Waals surface area contributed by atoms with E-state index < -0.39 is 0 Å². The number of nitrogens with one attached hydrogen (secondary N) is 3. The molecule has 0 saturated carbocycles. The standard InChI is InChI=1S/C13H9BrN4O2/c14-11-5-7(3-4-15-11)12(19)16-8-1-2-9-10(6-8)18-13(20)17-9/h1-6H,(H,16,19)(H2,17,18,20). The highest BCUT2D eigenvalue weighted by Gasteiger charge is 2.07. The van der Waals surface area contributed by atoms with Gasteiger partial charge in [-0.3, -0.25) is 4.79 Å². The third kappa shape index (κ3) is 2.48. The Balaban J connectivity index is 1.88. The lowest BCUT2D eigenvalue weighted by Crippen LogP contribution is -2.11. The molecule has 0 fully saturated rings. The third-order valence-corrected chi connectivity index (χ3v) is 3.20. The summed E-state index contributed by atoms with van der Waals surface area (Å²) in [5, 5.41) is 2.76. The van der Waals surface area contributed by atoms with Gasteiger partial charge in [-0.2, -0.15) is 0 Å². The molecule has 1 amide bonds. The first-order chi connectivity index (χ1) is 9.61. The summed E-state index contributed by atoms with van der Waals surface area (Å²) in [6.07, 6.45) is 1.55. The van der Waals surface area contributed by atoms with E-state index in [1.54, 1.807) is 36.5 Å². The summed E-state index contributed by atoms with van der Waals surface area (Å²) in [5.74, 6) is -0.245. The molecule has 3 aromatic rings. The van der Waals surface area contributed by atoms with Gasteiger partial charge in [0.05, 0.1) is 11.0 Å². The molecular formula is C13H9BrN4O2. The second-order valence-corrected chi connectivity index (χ2v) is 4.97. The van der Waals surface area contributed by atoms with E-state index in [0.29, 0.717) is 26.9 Å². The summed E-state index contributed by atoms with van der Waals surface area (Å²) in [6.45, 7) is 0. The van der Waals surface area contributed by atoms with E-state index in [9.17, 15) is 9.59 Å². The zero-order chi connectivity index (χ0) is 14.1. The van der Waals surface area contributed by atoms with Crippen LogP contribution in [0.15, 0.2) is 45.9 Å². The zero-order valence-electron chi connectivity index (χ0n) is 10.1. The summed E-state index contributed by atoms with van der Waals surface area (Å²) in [5.41, 5.74) is 2.16. The number of halogens is 1. The van der Waals surface area contributed by atoms with Crippen LogP contribution in [0.5, 0.6) is 0 Å². The number of amides is 1. The van der Waals surface area contributed by atoms with E-state index >= 15 is 0 Å². The average Bonchev–Trinajstić information content (AvgIpc) is 2.78. The molecule has 0 bridgehead atoms. The largest absolute Gasteiger partial charge is 0.323 e. The molecule has 100 valence electrons. The molecule has 2 heterocycles. The van der Waals surface area contributed by atoms with Crippen molar-refractivity contribution in [2.75, 3.05) is 5.32 Å². The number of fused-ring (bicyclic) bond motifs is 1. The fraction of sp³-hybridized carbons (Fsp3) is 0. The van der Waals surface area contributed by atoms with E-state index in [1.165, 1.54) is 0 Å². The Hall–Kier alpha value is -2.41. The Morgan fingerprint density at radius 3 is 2.75 bits per heavy atom. The van der Waals surface area contributed by atoms with Gasteiger partial charge in [0.25, 0.3) is 5.91 Å². The van der Waals surface area contributed by atoms with Gasteiger partial charge in [-0.25, -0.2) is 9.78 Å². The fourth-order valence-corrected chi connectivity index (χ4v) is 2.22. The van der Waals surface area contributed by atoms with Crippen LogP contribution in [0.2, 0.25) is 0 Å². The van der Waals surface area contributed by atoms with Crippen molar-refractivity contribution in [3.63, 3.8) is 0 Å². The van der Waals surface area contributed by atoms with Gasteiger partial charge in [-0.1, -0.05) is 0 Å². The highest BCUT2D eigenvalue weighted by molar-refractivity contribution is 9.10. The fourth-order valence-electron chi connectivity index (χ4n) is 1.86. The molecular weight excluding hydrogens is 324 g/mol. The predicted octanol–water partition coefficient (Wildman–Crippen LogP) is 2.27. The first kappa shape index (κ1) is 12.6. The summed E-state index contributed by atoms with van der Waals surface area (Å²) in [4.78, 5) is 32.5. The predicted molar refractivity (Wildman–Crippen MR) is 78.8 cm³/mol. The molecule has 7 heteroatoms. The van der Waals surface area contributed by atoms with Gasteiger partial charge in [0.2, 0.25) is 0 Å². The SMILES string of the molecule is O=C(Nc1ccc2[nH]c(=O)[nH]c2c1)c1ccnc(Br)c1. The molecule has 0 aliphatic heterocycles. The smallest absolute Gasteiger partial charge is 0.322 e. The van der Waals surface area contributed by atoms with Crippen LogP contribution in [0, 0.1) is 0 Å². The van der Waals surface area contributed by atoms with Crippen LogP contribution in [-0.2, 0) is 0 Å². The van der Waals surface area contributed by atoms with Crippen molar-refractivity contribution in [3.8, 4) is 0 Å². The molecule has 3 N–H and O–H groups in total. The van der Waals surface area contributed by atoms with Gasteiger partial charge in [0, 0.05) is 17.4 Å². The number of rotatable bonds is 2. The van der Waals surface area contributed by atoms with Crippen LogP contribution in [0.3, 0.4) is 0 Å². The lowest BCUT2D eigenvalue weighted by atomic mass is 10.2. The van der Waals surface area contributed by atoms with Crippen molar-refractivity contribution in [3.05, 3.63) is 57.2 Å².